The van der Waals surface area contributed by atoms with E-state index in [1.54, 1.807) is 0 Å². The highest BCUT2D eigenvalue weighted by molar-refractivity contribution is 8.00. The molecule has 0 aromatic heterocycles. The molecule has 0 heterocycles. The quantitative estimate of drug-likeness (QED) is 0.772. The molecule has 21 heavy (non-hydrogen) atoms. The molecule has 0 radical (unpaired) electrons. The molecule has 1 nitrogen and oxygen atoms in total. The van der Waals surface area contributed by atoms with Gasteiger partial charge in [-0.1, -0.05) is 38.7 Å². The van der Waals surface area contributed by atoms with Crippen molar-refractivity contribution in [2.75, 3.05) is 6.54 Å². The lowest BCUT2D eigenvalue weighted by molar-refractivity contribution is 0.400. The van der Waals surface area contributed by atoms with E-state index in [4.69, 9.17) is 0 Å². The lowest BCUT2D eigenvalue weighted by atomic mass is 9.96. The van der Waals surface area contributed by atoms with E-state index in [1.807, 2.05) is 0 Å². The van der Waals surface area contributed by atoms with Gasteiger partial charge in [0.25, 0.3) is 0 Å². The molecule has 1 fully saturated rings. The second-order valence-corrected chi connectivity index (χ2v) is 7.77. The van der Waals surface area contributed by atoms with Crippen LogP contribution in [0, 0.1) is 13.8 Å². The summed E-state index contributed by atoms with van der Waals surface area (Å²) in [6, 6.07) is 7.64. The molecular formula is C19H31NS. The van der Waals surface area contributed by atoms with Gasteiger partial charge in [0.1, 0.15) is 0 Å². The van der Waals surface area contributed by atoms with Gasteiger partial charge in [-0.2, -0.15) is 0 Å². The van der Waals surface area contributed by atoms with Crippen LogP contribution in [0.1, 0.15) is 63.0 Å². The molecule has 0 aliphatic heterocycles. The first kappa shape index (κ1) is 16.9. The van der Waals surface area contributed by atoms with Crippen molar-refractivity contribution in [3.05, 3.63) is 29.3 Å². The van der Waals surface area contributed by atoms with Gasteiger partial charge in [-0.25, -0.2) is 0 Å². The maximum absolute atomic E-state index is 3.81. The molecule has 1 N–H and O–H groups in total. The number of benzene rings is 1. The number of rotatable bonds is 5. The van der Waals surface area contributed by atoms with Crippen molar-refractivity contribution in [2.45, 2.75) is 81.9 Å². The smallest absolute Gasteiger partial charge is 0.0248 e. The van der Waals surface area contributed by atoms with Crippen LogP contribution in [0.15, 0.2) is 23.1 Å². The zero-order valence-electron chi connectivity index (χ0n) is 14.0. The van der Waals surface area contributed by atoms with Crippen molar-refractivity contribution in [3.63, 3.8) is 0 Å². The van der Waals surface area contributed by atoms with Crippen molar-refractivity contribution in [3.8, 4) is 0 Å². The first-order chi connectivity index (χ1) is 10.2. The Morgan fingerprint density at radius 3 is 2.52 bits per heavy atom. The molecule has 118 valence electrons. The number of hydrogen-bond acceptors (Lipinski definition) is 2. The highest BCUT2D eigenvalue weighted by atomic mass is 32.2. The Kier molecular flexibility index (Phi) is 7.12. The molecule has 2 heteroatoms. The van der Waals surface area contributed by atoms with Gasteiger partial charge in [-0.3, -0.25) is 0 Å². The molecule has 1 saturated carbocycles. The standard InChI is InChI=1S/C19H31NS/c1-4-13-20-18-9-7-5-6-8-10-19(18)21-17-12-11-15(2)16(3)14-17/h11-12,14,18-20H,4-10,13H2,1-3H3. The molecule has 1 aromatic carbocycles. The van der Waals surface area contributed by atoms with E-state index in [2.05, 4.69) is 56.0 Å². The van der Waals surface area contributed by atoms with Gasteiger partial charge in [-0.05, 0) is 62.9 Å². The van der Waals surface area contributed by atoms with Gasteiger partial charge >= 0.3 is 0 Å². The van der Waals surface area contributed by atoms with Crippen LogP contribution in [-0.2, 0) is 0 Å². The van der Waals surface area contributed by atoms with E-state index in [0.29, 0.717) is 6.04 Å². The number of hydrogen-bond donors (Lipinski definition) is 1. The first-order valence-corrected chi connectivity index (χ1v) is 9.56. The molecule has 0 spiro atoms. The van der Waals surface area contributed by atoms with Gasteiger partial charge in [0.15, 0.2) is 0 Å². The fourth-order valence-electron chi connectivity index (χ4n) is 3.12. The van der Waals surface area contributed by atoms with E-state index in [-0.39, 0.29) is 0 Å². The Hall–Kier alpha value is -0.470. The minimum absolute atomic E-state index is 0.692. The fourth-order valence-corrected chi connectivity index (χ4v) is 4.54. The SMILES string of the molecule is CCCNC1CCCCCCC1Sc1ccc(C)c(C)c1. The van der Waals surface area contributed by atoms with Crippen LogP contribution in [-0.4, -0.2) is 17.8 Å². The second-order valence-electron chi connectivity index (χ2n) is 6.45. The van der Waals surface area contributed by atoms with Crippen LogP contribution in [0.5, 0.6) is 0 Å². The lowest BCUT2D eigenvalue weighted by Gasteiger charge is -2.30. The summed E-state index contributed by atoms with van der Waals surface area (Å²) in [4.78, 5) is 1.45. The molecule has 2 rings (SSSR count). The summed E-state index contributed by atoms with van der Waals surface area (Å²) in [6.45, 7) is 7.85. The predicted molar refractivity (Wildman–Crippen MR) is 95.3 cm³/mol. The van der Waals surface area contributed by atoms with E-state index < -0.39 is 0 Å². The summed E-state index contributed by atoms with van der Waals surface area (Å²) in [5.74, 6) is 0. The topological polar surface area (TPSA) is 12.0 Å². The first-order valence-electron chi connectivity index (χ1n) is 8.68. The zero-order valence-corrected chi connectivity index (χ0v) is 14.8. The van der Waals surface area contributed by atoms with Gasteiger partial charge < -0.3 is 5.32 Å². The highest BCUT2D eigenvalue weighted by Crippen LogP contribution is 2.33. The predicted octanol–water partition coefficient (Wildman–Crippen LogP) is 5.49. The van der Waals surface area contributed by atoms with Crippen LogP contribution >= 0.6 is 11.8 Å². The lowest BCUT2D eigenvalue weighted by Crippen LogP contribution is -2.39. The van der Waals surface area contributed by atoms with E-state index >= 15 is 0 Å². The molecule has 2 atom stereocenters. The van der Waals surface area contributed by atoms with Gasteiger partial charge in [0.2, 0.25) is 0 Å². The monoisotopic (exact) mass is 305 g/mol. The van der Waals surface area contributed by atoms with Crippen molar-refractivity contribution in [1.82, 2.24) is 5.32 Å². The minimum Gasteiger partial charge on any atom is -0.313 e. The summed E-state index contributed by atoms with van der Waals surface area (Å²) in [6.07, 6.45) is 9.58. The van der Waals surface area contributed by atoms with Crippen molar-refractivity contribution in [2.24, 2.45) is 0 Å². The third-order valence-electron chi connectivity index (χ3n) is 4.62. The summed E-state index contributed by atoms with van der Waals surface area (Å²) in [7, 11) is 0. The Morgan fingerprint density at radius 2 is 1.81 bits per heavy atom. The second kappa shape index (κ2) is 8.85. The van der Waals surface area contributed by atoms with E-state index in [1.165, 1.54) is 61.0 Å². The number of nitrogens with one attached hydrogen (secondary N) is 1. The Morgan fingerprint density at radius 1 is 1.05 bits per heavy atom. The van der Waals surface area contributed by atoms with Crippen molar-refractivity contribution >= 4 is 11.8 Å². The Bertz CT molecular complexity index is 428. The number of aryl methyl sites for hydroxylation is 2. The molecule has 0 saturated heterocycles. The Labute approximate surface area is 135 Å². The molecule has 1 aliphatic carbocycles. The highest BCUT2D eigenvalue weighted by Gasteiger charge is 2.23. The average Bonchev–Trinajstić information content (AvgIpc) is 2.45. The van der Waals surface area contributed by atoms with E-state index in [9.17, 15) is 0 Å². The molecule has 2 unspecified atom stereocenters. The minimum atomic E-state index is 0.692. The van der Waals surface area contributed by atoms with Crippen LogP contribution < -0.4 is 5.32 Å². The maximum Gasteiger partial charge on any atom is 0.0248 e. The van der Waals surface area contributed by atoms with Gasteiger partial charge in [0, 0.05) is 16.2 Å². The molecule has 1 aliphatic rings. The normalized spacial score (nSPS) is 23.6. The molecule has 0 amide bonds. The van der Waals surface area contributed by atoms with Crippen molar-refractivity contribution in [1.29, 1.82) is 0 Å². The van der Waals surface area contributed by atoms with Crippen LogP contribution in [0.25, 0.3) is 0 Å². The summed E-state index contributed by atoms with van der Waals surface area (Å²) in [5.41, 5.74) is 2.82. The number of thioether (sulfide) groups is 1. The molecule has 1 aromatic rings. The van der Waals surface area contributed by atoms with Crippen LogP contribution in [0.2, 0.25) is 0 Å². The summed E-state index contributed by atoms with van der Waals surface area (Å²) >= 11 is 2.11. The third-order valence-corrected chi connectivity index (χ3v) is 6.02. The average molecular weight is 306 g/mol. The summed E-state index contributed by atoms with van der Waals surface area (Å²) < 4.78 is 0. The fraction of sp³-hybridized carbons (Fsp3) is 0.684. The zero-order chi connectivity index (χ0) is 15.1. The van der Waals surface area contributed by atoms with E-state index in [0.717, 1.165) is 11.8 Å². The largest absolute Gasteiger partial charge is 0.313 e. The van der Waals surface area contributed by atoms with Gasteiger partial charge in [0.05, 0.1) is 0 Å². The Balaban J connectivity index is 2.05. The third kappa shape index (κ3) is 5.34. The molecular weight excluding hydrogens is 274 g/mol. The maximum atomic E-state index is 3.81. The summed E-state index contributed by atoms with van der Waals surface area (Å²) in [5, 5.41) is 4.55. The van der Waals surface area contributed by atoms with Crippen LogP contribution in [0.3, 0.4) is 0 Å². The van der Waals surface area contributed by atoms with Crippen LogP contribution in [0.4, 0.5) is 0 Å². The van der Waals surface area contributed by atoms with Crippen molar-refractivity contribution < 1.29 is 0 Å². The molecule has 0 bridgehead atoms. The van der Waals surface area contributed by atoms with Gasteiger partial charge in [-0.15, -0.1) is 11.8 Å².